The Balaban J connectivity index is 0. The highest BCUT2D eigenvalue weighted by atomic mass is 16.2. The number of amides is 1. The standard InChI is InChI=1S/C16H23N3O.3C2H6/c1-4-5-6-12-7-8-13(17)9-14(12)15-18-11(3)10(2)16(20)19-15;3*1-2/h7-11H,4-6,17H2,1-3H3,(H,18,19,20);3*1-2H3. The summed E-state index contributed by atoms with van der Waals surface area (Å²) < 4.78 is 0. The van der Waals surface area contributed by atoms with Gasteiger partial charge in [0, 0.05) is 11.3 Å². The molecule has 1 aliphatic heterocycles. The summed E-state index contributed by atoms with van der Waals surface area (Å²) in [5, 5.41) is 2.91. The molecule has 2 rings (SSSR count). The molecule has 0 fully saturated rings. The first kappa shape index (κ1) is 26.4. The summed E-state index contributed by atoms with van der Waals surface area (Å²) in [6, 6.07) is 5.86. The highest BCUT2D eigenvalue weighted by molar-refractivity contribution is 6.11. The summed E-state index contributed by atoms with van der Waals surface area (Å²) in [6.45, 7) is 18.0. The van der Waals surface area contributed by atoms with Crippen molar-refractivity contribution in [1.29, 1.82) is 0 Å². The van der Waals surface area contributed by atoms with Gasteiger partial charge in [-0.15, -0.1) is 0 Å². The second kappa shape index (κ2) is 15.4. The van der Waals surface area contributed by atoms with Crippen molar-refractivity contribution in [3.63, 3.8) is 0 Å². The van der Waals surface area contributed by atoms with E-state index < -0.39 is 0 Å². The van der Waals surface area contributed by atoms with Crippen molar-refractivity contribution in [2.24, 2.45) is 10.9 Å². The molecule has 4 nitrogen and oxygen atoms in total. The summed E-state index contributed by atoms with van der Waals surface area (Å²) in [5.41, 5.74) is 8.75. The van der Waals surface area contributed by atoms with Crippen LogP contribution in [-0.2, 0) is 11.2 Å². The number of rotatable bonds is 4. The van der Waals surface area contributed by atoms with Gasteiger partial charge in [-0.05, 0) is 37.5 Å². The number of aryl methyl sites for hydroxylation is 1. The maximum atomic E-state index is 12.0. The van der Waals surface area contributed by atoms with Crippen molar-refractivity contribution in [2.45, 2.75) is 87.6 Å². The van der Waals surface area contributed by atoms with Gasteiger partial charge in [0.1, 0.15) is 5.84 Å². The van der Waals surface area contributed by atoms with Gasteiger partial charge in [0.25, 0.3) is 0 Å². The van der Waals surface area contributed by atoms with Crippen LogP contribution in [0.2, 0.25) is 0 Å². The van der Waals surface area contributed by atoms with Gasteiger partial charge in [0.2, 0.25) is 5.91 Å². The van der Waals surface area contributed by atoms with Crippen LogP contribution >= 0.6 is 0 Å². The van der Waals surface area contributed by atoms with Crippen LogP contribution < -0.4 is 11.1 Å². The molecule has 0 radical (unpaired) electrons. The van der Waals surface area contributed by atoms with Gasteiger partial charge in [-0.3, -0.25) is 9.79 Å². The minimum Gasteiger partial charge on any atom is -0.399 e. The van der Waals surface area contributed by atoms with Gasteiger partial charge < -0.3 is 11.1 Å². The predicted molar refractivity (Wildman–Crippen MR) is 117 cm³/mol. The number of nitrogens with two attached hydrogens (primary N) is 1. The third-order valence-electron chi connectivity index (χ3n) is 3.90. The minimum absolute atomic E-state index is 0.000735. The number of nitrogen functional groups attached to an aromatic ring is 1. The molecule has 0 bridgehead atoms. The molecule has 150 valence electrons. The van der Waals surface area contributed by atoms with E-state index in [1.807, 2.05) is 73.6 Å². The monoisotopic (exact) mass is 363 g/mol. The van der Waals surface area contributed by atoms with E-state index in [0.717, 1.165) is 24.8 Å². The molecule has 2 atom stereocenters. The van der Waals surface area contributed by atoms with E-state index in [1.165, 1.54) is 5.56 Å². The number of unbranched alkanes of at least 4 members (excludes halogenated alkanes) is 1. The van der Waals surface area contributed by atoms with Gasteiger partial charge in [0.15, 0.2) is 0 Å². The van der Waals surface area contributed by atoms with Gasteiger partial charge in [-0.1, -0.05) is 67.9 Å². The zero-order chi connectivity index (χ0) is 20.7. The molecule has 2 unspecified atom stereocenters. The maximum absolute atomic E-state index is 12.0. The van der Waals surface area contributed by atoms with Crippen LogP contribution in [0.1, 0.15) is 86.3 Å². The number of carbonyl (C=O) groups excluding carboxylic acids is 1. The quantitative estimate of drug-likeness (QED) is 0.685. The Labute approximate surface area is 161 Å². The van der Waals surface area contributed by atoms with E-state index in [2.05, 4.69) is 17.2 Å². The molecule has 4 heteroatoms. The second-order valence-electron chi connectivity index (χ2n) is 5.52. The third-order valence-corrected chi connectivity index (χ3v) is 3.90. The van der Waals surface area contributed by atoms with Gasteiger partial charge >= 0.3 is 0 Å². The molecule has 0 aromatic heterocycles. The van der Waals surface area contributed by atoms with E-state index in [9.17, 15) is 4.79 Å². The molecule has 1 aromatic rings. The normalized spacial score (nSPS) is 17.9. The lowest BCUT2D eigenvalue weighted by Gasteiger charge is -2.25. The van der Waals surface area contributed by atoms with Crippen LogP contribution in [0.25, 0.3) is 0 Å². The van der Waals surface area contributed by atoms with Crippen molar-refractivity contribution in [3.8, 4) is 0 Å². The van der Waals surface area contributed by atoms with Gasteiger partial charge in [0.05, 0.1) is 12.0 Å². The second-order valence-corrected chi connectivity index (χ2v) is 5.52. The fraction of sp³-hybridized carbons (Fsp3) is 0.636. The molecule has 0 aliphatic carbocycles. The number of amidine groups is 1. The van der Waals surface area contributed by atoms with E-state index in [-0.39, 0.29) is 17.9 Å². The van der Waals surface area contributed by atoms with E-state index in [1.54, 1.807) is 0 Å². The summed E-state index contributed by atoms with van der Waals surface area (Å²) in [5.74, 6) is 0.615. The van der Waals surface area contributed by atoms with Crippen LogP contribution in [0.15, 0.2) is 23.2 Å². The van der Waals surface area contributed by atoms with Crippen LogP contribution in [0.5, 0.6) is 0 Å². The first-order chi connectivity index (χ1) is 12.5. The molecular weight excluding hydrogens is 322 g/mol. The summed E-state index contributed by atoms with van der Waals surface area (Å²) in [7, 11) is 0. The fourth-order valence-electron chi connectivity index (χ4n) is 2.33. The topological polar surface area (TPSA) is 67.5 Å². The van der Waals surface area contributed by atoms with Crippen molar-refractivity contribution in [1.82, 2.24) is 5.32 Å². The number of aliphatic imine (C=N–C) groups is 1. The fourth-order valence-corrected chi connectivity index (χ4v) is 2.33. The summed E-state index contributed by atoms with van der Waals surface area (Å²) in [6.07, 6.45) is 3.23. The predicted octanol–water partition coefficient (Wildman–Crippen LogP) is 5.59. The van der Waals surface area contributed by atoms with Crippen LogP contribution in [0.4, 0.5) is 5.69 Å². The lowest BCUT2D eigenvalue weighted by Crippen LogP contribution is -2.44. The van der Waals surface area contributed by atoms with Crippen molar-refractivity contribution < 1.29 is 4.79 Å². The Morgan fingerprint density at radius 1 is 1.08 bits per heavy atom. The first-order valence-electron chi connectivity index (χ1n) is 10.3. The van der Waals surface area contributed by atoms with Crippen LogP contribution in [-0.4, -0.2) is 17.8 Å². The van der Waals surface area contributed by atoms with Gasteiger partial charge in [-0.25, -0.2) is 0 Å². The average Bonchev–Trinajstić information content (AvgIpc) is 2.69. The molecule has 0 saturated carbocycles. The van der Waals surface area contributed by atoms with Crippen molar-refractivity contribution in [2.75, 3.05) is 5.73 Å². The molecule has 1 heterocycles. The summed E-state index contributed by atoms with van der Waals surface area (Å²) >= 11 is 0. The Morgan fingerprint density at radius 2 is 1.65 bits per heavy atom. The molecule has 3 N–H and O–H groups in total. The Morgan fingerprint density at radius 3 is 2.15 bits per heavy atom. The van der Waals surface area contributed by atoms with Crippen LogP contribution in [0.3, 0.4) is 0 Å². The number of carbonyl (C=O) groups is 1. The SMILES string of the molecule is CC.CC.CC.CCCCc1ccc(N)cc1C1=NC(C)C(C)C(=O)N1. The number of benzene rings is 1. The number of nitrogens with one attached hydrogen (secondary N) is 1. The number of hydrogen-bond acceptors (Lipinski definition) is 3. The average molecular weight is 364 g/mol. The zero-order valence-corrected chi connectivity index (χ0v) is 18.4. The maximum Gasteiger partial charge on any atom is 0.230 e. The molecule has 1 amide bonds. The Hall–Kier alpha value is -1.84. The minimum atomic E-state index is -0.0844. The summed E-state index contributed by atoms with van der Waals surface area (Å²) in [4.78, 5) is 16.6. The lowest BCUT2D eigenvalue weighted by atomic mass is 9.96. The highest BCUT2D eigenvalue weighted by Gasteiger charge is 2.27. The molecule has 1 aliphatic rings. The molecule has 0 spiro atoms. The first-order valence-corrected chi connectivity index (χ1v) is 10.3. The van der Waals surface area contributed by atoms with Gasteiger partial charge in [-0.2, -0.15) is 0 Å². The molecule has 1 aromatic carbocycles. The third kappa shape index (κ3) is 8.03. The van der Waals surface area contributed by atoms with E-state index in [4.69, 9.17) is 5.73 Å². The number of anilines is 1. The molecule has 0 saturated heterocycles. The van der Waals surface area contributed by atoms with Crippen LogP contribution in [0, 0.1) is 5.92 Å². The van der Waals surface area contributed by atoms with Crippen molar-refractivity contribution >= 4 is 17.4 Å². The molecular formula is C22H41N3O. The molecule has 26 heavy (non-hydrogen) atoms. The smallest absolute Gasteiger partial charge is 0.230 e. The lowest BCUT2D eigenvalue weighted by molar-refractivity contribution is -0.123. The number of nitrogens with zero attached hydrogens (tertiary/aromatic N) is 1. The zero-order valence-electron chi connectivity index (χ0n) is 18.4. The van der Waals surface area contributed by atoms with E-state index in [0.29, 0.717) is 11.5 Å². The Kier molecular flexibility index (Phi) is 15.6. The Bertz CT molecular complexity index is 538. The number of hydrogen-bond donors (Lipinski definition) is 2. The highest BCUT2D eigenvalue weighted by Crippen LogP contribution is 2.20. The van der Waals surface area contributed by atoms with Crippen molar-refractivity contribution in [3.05, 3.63) is 29.3 Å². The van der Waals surface area contributed by atoms with E-state index >= 15 is 0 Å². The largest absolute Gasteiger partial charge is 0.399 e.